The van der Waals surface area contributed by atoms with E-state index in [-0.39, 0.29) is 11.9 Å². The largest absolute Gasteiger partial charge is 0.356 e. The molecule has 7 heteroatoms. The van der Waals surface area contributed by atoms with Crippen molar-refractivity contribution in [2.24, 2.45) is 5.92 Å². The quantitative estimate of drug-likeness (QED) is 0.831. The van der Waals surface area contributed by atoms with Gasteiger partial charge in [-0.05, 0) is 44.1 Å². The van der Waals surface area contributed by atoms with Crippen LogP contribution in [0.2, 0.25) is 0 Å². The molecule has 28 heavy (non-hydrogen) atoms. The maximum absolute atomic E-state index is 12.6. The van der Waals surface area contributed by atoms with Gasteiger partial charge in [0.2, 0.25) is 11.9 Å². The first-order chi connectivity index (χ1) is 13.8. The summed E-state index contributed by atoms with van der Waals surface area (Å²) in [5, 5.41) is 3.19. The van der Waals surface area contributed by atoms with Crippen LogP contribution in [0.1, 0.15) is 57.8 Å². The van der Waals surface area contributed by atoms with Crippen molar-refractivity contribution >= 4 is 11.7 Å². The Labute approximate surface area is 166 Å². The zero-order valence-corrected chi connectivity index (χ0v) is 16.5. The predicted molar refractivity (Wildman–Crippen MR) is 108 cm³/mol. The average molecular weight is 383 g/mol. The maximum Gasteiger partial charge on any atom is 0.236 e. The number of piperidine rings is 1. The van der Waals surface area contributed by atoms with E-state index in [9.17, 15) is 4.79 Å². The zero-order valence-electron chi connectivity index (χ0n) is 16.5. The molecule has 1 aliphatic heterocycles. The number of aromatic nitrogens is 4. The fourth-order valence-corrected chi connectivity index (χ4v) is 4.45. The summed E-state index contributed by atoms with van der Waals surface area (Å²) in [6, 6.07) is 2.14. The summed E-state index contributed by atoms with van der Waals surface area (Å²) >= 11 is 0. The molecule has 0 radical (unpaired) electrons. The van der Waals surface area contributed by atoms with E-state index >= 15 is 0 Å². The Kier molecular flexibility index (Phi) is 6.19. The molecule has 1 unspecified atom stereocenters. The summed E-state index contributed by atoms with van der Waals surface area (Å²) in [6.45, 7) is 1.77. The van der Waals surface area contributed by atoms with Crippen molar-refractivity contribution in [1.29, 1.82) is 0 Å². The second kappa shape index (κ2) is 9.17. The first-order valence-electron chi connectivity index (χ1n) is 10.6. The van der Waals surface area contributed by atoms with Gasteiger partial charge in [-0.15, -0.1) is 0 Å². The summed E-state index contributed by atoms with van der Waals surface area (Å²) in [5.41, 5.74) is 0. The van der Waals surface area contributed by atoms with Crippen molar-refractivity contribution in [1.82, 2.24) is 24.8 Å². The number of anilines is 1. The summed E-state index contributed by atoms with van der Waals surface area (Å²) < 4.78 is 1.80. The molecule has 4 rings (SSSR count). The number of imidazole rings is 1. The van der Waals surface area contributed by atoms with E-state index < -0.39 is 0 Å². The van der Waals surface area contributed by atoms with Crippen molar-refractivity contribution in [2.45, 2.75) is 63.8 Å². The zero-order chi connectivity index (χ0) is 19.2. The molecule has 2 fully saturated rings. The molecule has 7 nitrogen and oxygen atoms in total. The van der Waals surface area contributed by atoms with Gasteiger partial charge < -0.3 is 10.2 Å². The second-order valence-corrected chi connectivity index (χ2v) is 8.04. The van der Waals surface area contributed by atoms with Gasteiger partial charge in [-0.1, -0.05) is 19.3 Å². The highest BCUT2D eigenvalue weighted by atomic mass is 16.1. The molecule has 2 aliphatic rings. The predicted octanol–water partition coefficient (Wildman–Crippen LogP) is 3.11. The number of rotatable bonds is 6. The van der Waals surface area contributed by atoms with E-state index in [1.807, 2.05) is 12.3 Å². The molecular formula is C21H30N6O. The third-order valence-corrected chi connectivity index (χ3v) is 6.02. The fraction of sp³-hybridized carbons (Fsp3) is 0.619. The highest BCUT2D eigenvalue weighted by molar-refractivity contribution is 5.77. The molecule has 0 aromatic carbocycles. The van der Waals surface area contributed by atoms with Gasteiger partial charge in [-0.3, -0.25) is 9.36 Å². The molecule has 1 saturated heterocycles. The molecule has 150 valence electrons. The van der Waals surface area contributed by atoms with E-state index in [2.05, 4.69) is 20.2 Å². The maximum atomic E-state index is 12.6. The SMILES string of the molecule is O=C(CC1CCCCN1c1ccnc(-n2ccnc2)n1)NCC1CCCCC1. The standard InChI is InChI=1S/C21H30N6O/c28-20(24-15-17-6-2-1-3-7-17)14-18-8-4-5-12-27(18)19-9-10-23-21(25-19)26-13-11-22-16-26/h9-11,13,16-18H,1-8,12,14-15H2,(H,24,28). The minimum atomic E-state index is 0.173. The van der Waals surface area contributed by atoms with E-state index in [4.69, 9.17) is 4.98 Å². The Hall–Kier alpha value is -2.44. The van der Waals surface area contributed by atoms with Crippen LogP contribution in [0, 0.1) is 5.92 Å². The fourth-order valence-electron chi connectivity index (χ4n) is 4.45. The van der Waals surface area contributed by atoms with Crippen LogP contribution in [0.3, 0.4) is 0 Å². The van der Waals surface area contributed by atoms with E-state index in [0.717, 1.165) is 38.2 Å². The van der Waals surface area contributed by atoms with Crippen LogP contribution in [0.25, 0.3) is 5.95 Å². The summed E-state index contributed by atoms with van der Waals surface area (Å²) in [6.07, 6.45) is 17.4. The number of nitrogens with one attached hydrogen (secondary N) is 1. The van der Waals surface area contributed by atoms with Gasteiger partial charge in [0.15, 0.2) is 0 Å². The lowest BCUT2D eigenvalue weighted by molar-refractivity contribution is -0.121. The van der Waals surface area contributed by atoms with Crippen LogP contribution in [-0.4, -0.2) is 44.6 Å². The van der Waals surface area contributed by atoms with Gasteiger partial charge in [0, 0.05) is 44.1 Å². The van der Waals surface area contributed by atoms with Gasteiger partial charge in [-0.25, -0.2) is 9.97 Å². The van der Waals surface area contributed by atoms with Gasteiger partial charge in [0.25, 0.3) is 0 Å². The van der Waals surface area contributed by atoms with Crippen LogP contribution in [0.15, 0.2) is 31.0 Å². The molecule has 1 saturated carbocycles. The van der Waals surface area contributed by atoms with Crippen LogP contribution in [0.5, 0.6) is 0 Å². The van der Waals surface area contributed by atoms with Crippen molar-refractivity contribution in [3.8, 4) is 5.95 Å². The summed E-state index contributed by atoms with van der Waals surface area (Å²) in [7, 11) is 0. The monoisotopic (exact) mass is 382 g/mol. The molecule has 1 aliphatic carbocycles. The third-order valence-electron chi connectivity index (χ3n) is 6.02. The van der Waals surface area contributed by atoms with Gasteiger partial charge in [0.05, 0.1) is 0 Å². The lowest BCUT2D eigenvalue weighted by atomic mass is 9.89. The van der Waals surface area contributed by atoms with Crippen molar-refractivity contribution in [2.75, 3.05) is 18.0 Å². The normalized spacial score (nSPS) is 20.9. The van der Waals surface area contributed by atoms with Crippen LogP contribution < -0.4 is 10.2 Å². The van der Waals surface area contributed by atoms with Crippen LogP contribution in [-0.2, 0) is 4.79 Å². The van der Waals surface area contributed by atoms with Crippen molar-refractivity contribution < 1.29 is 4.79 Å². The Morgan fingerprint density at radius 3 is 2.79 bits per heavy atom. The Bertz CT molecular complexity index is 756. The minimum absolute atomic E-state index is 0.173. The lowest BCUT2D eigenvalue weighted by Crippen LogP contribution is -2.44. The number of hydrogen-bond donors (Lipinski definition) is 1. The van der Waals surface area contributed by atoms with Crippen LogP contribution >= 0.6 is 0 Å². The Balaban J connectivity index is 1.39. The van der Waals surface area contributed by atoms with Gasteiger partial charge in [-0.2, -0.15) is 4.98 Å². The van der Waals surface area contributed by atoms with E-state index in [1.165, 1.54) is 32.1 Å². The van der Waals surface area contributed by atoms with Crippen LogP contribution in [0.4, 0.5) is 5.82 Å². The Morgan fingerprint density at radius 2 is 1.96 bits per heavy atom. The highest BCUT2D eigenvalue weighted by Crippen LogP contribution is 2.26. The number of carbonyl (C=O) groups is 1. The Morgan fingerprint density at radius 1 is 1.11 bits per heavy atom. The number of amides is 1. The topological polar surface area (TPSA) is 75.9 Å². The van der Waals surface area contributed by atoms with Crippen molar-refractivity contribution in [3.63, 3.8) is 0 Å². The molecule has 2 aromatic rings. The molecule has 1 atom stereocenters. The molecule has 1 amide bonds. The number of carbonyl (C=O) groups excluding carboxylic acids is 1. The molecule has 0 bridgehead atoms. The number of hydrogen-bond acceptors (Lipinski definition) is 5. The summed E-state index contributed by atoms with van der Waals surface area (Å²) in [4.78, 5) is 28.0. The minimum Gasteiger partial charge on any atom is -0.356 e. The first-order valence-corrected chi connectivity index (χ1v) is 10.6. The van der Waals surface area contributed by atoms with E-state index in [1.54, 1.807) is 23.3 Å². The smallest absolute Gasteiger partial charge is 0.236 e. The van der Waals surface area contributed by atoms with Gasteiger partial charge in [0.1, 0.15) is 12.1 Å². The number of nitrogens with zero attached hydrogens (tertiary/aromatic N) is 5. The average Bonchev–Trinajstić information content (AvgIpc) is 3.29. The lowest BCUT2D eigenvalue weighted by Gasteiger charge is -2.36. The molecular weight excluding hydrogens is 352 g/mol. The van der Waals surface area contributed by atoms with Gasteiger partial charge >= 0.3 is 0 Å². The first kappa shape index (κ1) is 18.9. The molecule has 1 N–H and O–H groups in total. The highest BCUT2D eigenvalue weighted by Gasteiger charge is 2.26. The van der Waals surface area contributed by atoms with Crippen molar-refractivity contribution in [3.05, 3.63) is 31.0 Å². The second-order valence-electron chi connectivity index (χ2n) is 8.04. The molecule has 2 aromatic heterocycles. The summed E-state index contributed by atoms with van der Waals surface area (Å²) in [5.74, 6) is 2.34. The molecule has 3 heterocycles. The molecule has 0 spiro atoms. The third kappa shape index (κ3) is 4.69. The van der Waals surface area contributed by atoms with E-state index in [0.29, 0.717) is 18.3 Å².